The Bertz CT molecular complexity index is 778. The van der Waals surface area contributed by atoms with Crippen molar-refractivity contribution in [3.8, 4) is 0 Å². The minimum absolute atomic E-state index is 0.120. The van der Waals surface area contributed by atoms with E-state index < -0.39 is 6.04 Å². The zero-order valence-corrected chi connectivity index (χ0v) is 35.9. The van der Waals surface area contributed by atoms with Crippen molar-refractivity contribution in [1.29, 1.82) is 0 Å². The lowest BCUT2D eigenvalue weighted by atomic mass is 10.1. The van der Waals surface area contributed by atoms with Crippen LogP contribution in [0.5, 0.6) is 0 Å². The maximum Gasteiger partial charge on any atom is 0.239 e. The van der Waals surface area contributed by atoms with Gasteiger partial charge in [-0.2, -0.15) is 0 Å². The van der Waals surface area contributed by atoms with Gasteiger partial charge in [-0.15, -0.1) is 0 Å². The van der Waals surface area contributed by atoms with Crippen molar-refractivity contribution >= 4 is 5.91 Å². The van der Waals surface area contributed by atoms with Gasteiger partial charge in [0.25, 0.3) is 0 Å². The third kappa shape index (κ3) is 31.7. The maximum absolute atomic E-state index is 13.3. The van der Waals surface area contributed by atoms with E-state index in [-0.39, 0.29) is 5.91 Å². The minimum Gasteiger partial charge on any atom is -0.339 e. The molecule has 0 aromatic carbocycles. The van der Waals surface area contributed by atoms with E-state index in [1.165, 1.54) is 180 Å². The number of carbonyl (C=O) groups excluding carboxylic acids is 1. The van der Waals surface area contributed by atoms with Crippen molar-refractivity contribution in [1.82, 2.24) is 14.7 Å². The number of nitrogens with two attached hydrogens (primary N) is 2. The molecule has 0 spiro atoms. The number of hydrogen-bond acceptors (Lipinski definition) is 5. The molecule has 312 valence electrons. The molecule has 0 saturated carbocycles. The van der Waals surface area contributed by atoms with Crippen LogP contribution < -0.4 is 11.5 Å². The van der Waals surface area contributed by atoms with Crippen molar-refractivity contribution < 1.29 is 4.79 Å². The fourth-order valence-electron chi connectivity index (χ4n) is 7.67. The highest BCUT2D eigenvalue weighted by Gasteiger charge is 2.23. The van der Waals surface area contributed by atoms with Gasteiger partial charge in [0, 0.05) is 39.3 Å². The summed E-state index contributed by atoms with van der Waals surface area (Å²) in [7, 11) is 0. The van der Waals surface area contributed by atoms with Crippen molar-refractivity contribution in [2.24, 2.45) is 11.5 Å². The van der Waals surface area contributed by atoms with E-state index in [1.54, 1.807) is 0 Å². The molecule has 6 nitrogen and oxygen atoms in total. The number of unbranched alkanes of at least 4 members (excludes halogenated alkanes) is 24. The molecule has 6 heteroatoms. The number of carbonyl (C=O) groups is 1. The Balaban J connectivity index is 2.30. The average molecular weight is 744 g/mol. The predicted octanol–water partition coefficient (Wildman–Crippen LogP) is 11.6. The number of hydrogen-bond donors (Lipinski definition) is 2. The molecule has 1 heterocycles. The molecule has 1 saturated heterocycles. The largest absolute Gasteiger partial charge is 0.339 e. The van der Waals surface area contributed by atoms with Gasteiger partial charge in [0.05, 0.1) is 6.04 Å². The fraction of sp³-hybridized carbons (Fsp3) is 0.894. The molecular weight excluding hydrogens is 651 g/mol. The zero-order valence-electron chi connectivity index (χ0n) is 35.9. The first kappa shape index (κ1) is 49.8. The molecule has 0 aromatic heterocycles. The van der Waals surface area contributed by atoms with Crippen LogP contribution in [0.2, 0.25) is 0 Å². The smallest absolute Gasteiger partial charge is 0.239 e. The molecule has 1 rings (SSSR count). The molecule has 0 aliphatic carbocycles. The van der Waals surface area contributed by atoms with Gasteiger partial charge in [0.15, 0.2) is 0 Å². The highest BCUT2D eigenvalue weighted by Crippen LogP contribution is 2.14. The molecule has 1 atom stereocenters. The summed E-state index contributed by atoms with van der Waals surface area (Å²) in [5, 5.41) is 0. The molecule has 1 aliphatic heterocycles. The van der Waals surface area contributed by atoms with Crippen LogP contribution in [-0.2, 0) is 4.79 Å². The van der Waals surface area contributed by atoms with Gasteiger partial charge in [-0.05, 0) is 96.7 Å². The van der Waals surface area contributed by atoms with Crippen LogP contribution >= 0.6 is 0 Å². The molecular formula is C47H93N5O. The maximum atomic E-state index is 13.3. The Labute approximate surface area is 331 Å². The van der Waals surface area contributed by atoms with Crippen molar-refractivity contribution in [2.75, 3.05) is 58.9 Å². The summed E-state index contributed by atoms with van der Waals surface area (Å²) in [5.74, 6) is 0.120. The third-order valence-electron chi connectivity index (χ3n) is 11.4. The lowest BCUT2D eigenvalue weighted by Crippen LogP contribution is -2.48. The molecule has 1 fully saturated rings. The Hall–Kier alpha value is -1.21. The Morgan fingerprint density at radius 3 is 1.15 bits per heavy atom. The monoisotopic (exact) mass is 744 g/mol. The Morgan fingerprint density at radius 1 is 0.472 bits per heavy atom. The zero-order chi connectivity index (χ0) is 38.3. The van der Waals surface area contributed by atoms with Crippen LogP contribution in [0.3, 0.4) is 0 Å². The van der Waals surface area contributed by atoms with Gasteiger partial charge in [-0.1, -0.05) is 154 Å². The first-order valence-electron chi connectivity index (χ1n) is 23.6. The third-order valence-corrected chi connectivity index (χ3v) is 11.4. The van der Waals surface area contributed by atoms with Gasteiger partial charge in [0.1, 0.15) is 0 Å². The molecule has 0 bridgehead atoms. The van der Waals surface area contributed by atoms with Gasteiger partial charge in [-0.25, -0.2) is 0 Å². The van der Waals surface area contributed by atoms with Crippen molar-refractivity contribution in [3.63, 3.8) is 0 Å². The van der Waals surface area contributed by atoms with Gasteiger partial charge < -0.3 is 26.2 Å². The Kier molecular flexibility index (Phi) is 36.7. The second-order valence-electron chi connectivity index (χ2n) is 16.4. The van der Waals surface area contributed by atoms with Crippen LogP contribution in [0.1, 0.15) is 206 Å². The SMILES string of the molecule is CCCCCCCC/C=C\CCCCCCCCN1CCN(CCCCCCCC/C=C\CCCCCCCC)CCN(C(=O)[C@@H](N)CCCN)CC1. The number of rotatable bonds is 36. The van der Waals surface area contributed by atoms with E-state index in [0.717, 1.165) is 58.8 Å². The van der Waals surface area contributed by atoms with E-state index in [0.29, 0.717) is 13.0 Å². The van der Waals surface area contributed by atoms with Crippen LogP contribution in [0.25, 0.3) is 0 Å². The summed E-state index contributed by atoms with van der Waals surface area (Å²) in [6.45, 7) is 13.2. The van der Waals surface area contributed by atoms with Crippen LogP contribution in [-0.4, -0.2) is 85.6 Å². The van der Waals surface area contributed by atoms with E-state index in [9.17, 15) is 4.79 Å². The van der Waals surface area contributed by atoms with E-state index in [2.05, 4.69) is 52.9 Å². The van der Waals surface area contributed by atoms with Crippen LogP contribution in [0.15, 0.2) is 24.3 Å². The number of amides is 1. The average Bonchev–Trinajstić information content (AvgIpc) is 3.27. The lowest BCUT2D eigenvalue weighted by Gasteiger charge is -2.28. The van der Waals surface area contributed by atoms with Crippen molar-refractivity contribution in [2.45, 2.75) is 213 Å². The molecule has 4 N–H and O–H groups in total. The molecule has 0 unspecified atom stereocenters. The molecule has 1 aliphatic rings. The summed E-state index contributed by atoms with van der Waals surface area (Å²) < 4.78 is 0. The topological polar surface area (TPSA) is 78.8 Å². The van der Waals surface area contributed by atoms with Crippen molar-refractivity contribution in [3.05, 3.63) is 24.3 Å². The number of nitrogens with zero attached hydrogens (tertiary/aromatic N) is 3. The standard InChI is InChI=1S/C47H93N5O/c1-3-5-7-9-11-13-15-17-19-21-23-25-27-29-31-33-38-50-40-41-51(43-45-52(44-42-50)47(53)46(49)36-35-37-48)39-34-32-30-28-26-24-22-20-18-16-14-12-10-8-6-4-2/h17-20,46H,3-16,21-45,48-49H2,1-2H3/b19-17-,20-18-/t46-/m0/s1. The lowest BCUT2D eigenvalue weighted by molar-refractivity contribution is -0.133. The summed E-state index contributed by atoms with van der Waals surface area (Å²) in [5.41, 5.74) is 12.1. The second-order valence-corrected chi connectivity index (χ2v) is 16.4. The highest BCUT2D eigenvalue weighted by molar-refractivity contribution is 5.81. The van der Waals surface area contributed by atoms with E-state index >= 15 is 0 Å². The number of allylic oxidation sites excluding steroid dienone is 4. The normalized spacial score (nSPS) is 15.7. The van der Waals surface area contributed by atoms with Gasteiger partial charge in [-0.3, -0.25) is 4.79 Å². The Morgan fingerprint density at radius 2 is 0.792 bits per heavy atom. The summed E-state index contributed by atoms with van der Waals surface area (Å²) >= 11 is 0. The summed E-state index contributed by atoms with van der Waals surface area (Å²) in [4.78, 5) is 20.7. The van der Waals surface area contributed by atoms with Crippen LogP contribution in [0.4, 0.5) is 0 Å². The summed E-state index contributed by atoms with van der Waals surface area (Å²) in [6, 6.07) is -0.423. The van der Waals surface area contributed by atoms with Crippen LogP contribution in [0, 0.1) is 0 Å². The van der Waals surface area contributed by atoms with Gasteiger partial charge in [0.2, 0.25) is 5.91 Å². The van der Waals surface area contributed by atoms with E-state index in [1.807, 2.05) is 0 Å². The predicted molar refractivity (Wildman–Crippen MR) is 235 cm³/mol. The summed E-state index contributed by atoms with van der Waals surface area (Å²) in [6.07, 6.45) is 48.9. The molecule has 1 amide bonds. The molecule has 53 heavy (non-hydrogen) atoms. The minimum atomic E-state index is -0.423. The first-order valence-corrected chi connectivity index (χ1v) is 23.6. The molecule has 0 radical (unpaired) electrons. The van der Waals surface area contributed by atoms with Gasteiger partial charge >= 0.3 is 0 Å². The highest BCUT2D eigenvalue weighted by atomic mass is 16.2. The first-order chi connectivity index (χ1) is 26.1. The molecule has 0 aromatic rings. The fourth-order valence-corrected chi connectivity index (χ4v) is 7.67. The second kappa shape index (κ2) is 39.0. The quantitative estimate of drug-likeness (QED) is 0.0493. The van der Waals surface area contributed by atoms with E-state index in [4.69, 9.17) is 11.5 Å².